The third-order valence-electron chi connectivity index (χ3n) is 11.4. The van der Waals surface area contributed by atoms with Gasteiger partial charge in [0.25, 0.3) is 0 Å². The Balaban J connectivity index is 1.32. The van der Waals surface area contributed by atoms with E-state index in [0.717, 1.165) is 50.5 Å². The van der Waals surface area contributed by atoms with Gasteiger partial charge in [0.05, 0.1) is 31.8 Å². The number of allylic oxidation sites excluding steroid dienone is 1. The molecule has 0 aromatic carbocycles. The van der Waals surface area contributed by atoms with Gasteiger partial charge in [-0.05, 0) is 93.0 Å². The zero-order valence-corrected chi connectivity index (χ0v) is 23.7. The number of ether oxygens (including phenoxy) is 3. The third-order valence-corrected chi connectivity index (χ3v) is 11.4. The molecular formula is C31H45NO8. The van der Waals surface area contributed by atoms with Crippen LogP contribution in [0.25, 0.3) is 0 Å². The van der Waals surface area contributed by atoms with E-state index < -0.39 is 41.6 Å². The molecular weight excluding hydrogens is 514 g/mol. The lowest BCUT2D eigenvalue weighted by Crippen LogP contribution is -2.64. The number of carbonyl (C=O) groups is 3. The number of rotatable bonds is 8. The average Bonchev–Trinajstić information content (AvgIpc) is 3.73. The Morgan fingerprint density at radius 3 is 2.58 bits per heavy atom. The van der Waals surface area contributed by atoms with Gasteiger partial charge in [-0.1, -0.05) is 19.4 Å². The molecule has 9 nitrogen and oxygen atoms in total. The van der Waals surface area contributed by atoms with Crippen LogP contribution in [0.1, 0.15) is 65.2 Å². The summed E-state index contributed by atoms with van der Waals surface area (Å²) in [5.41, 5.74) is 6.89. The number of carbonyl (C=O) groups excluding carboxylic acids is 1. The van der Waals surface area contributed by atoms with Gasteiger partial charge in [0.15, 0.2) is 5.78 Å². The van der Waals surface area contributed by atoms with E-state index in [0.29, 0.717) is 38.1 Å². The van der Waals surface area contributed by atoms with Crippen LogP contribution in [0.3, 0.4) is 0 Å². The molecule has 4 saturated carbocycles. The van der Waals surface area contributed by atoms with Crippen LogP contribution in [0, 0.1) is 58.7 Å². The molecule has 0 spiro atoms. The van der Waals surface area contributed by atoms with E-state index in [9.17, 15) is 24.6 Å². The molecule has 4 N–H and O–H groups in total. The smallest absolute Gasteiger partial charge is 0.481 e. The Kier molecular flexibility index (Phi) is 7.53. The molecule has 40 heavy (non-hydrogen) atoms. The highest BCUT2D eigenvalue weighted by molar-refractivity contribution is 5.97. The van der Waals surface area contributed by atoms with Crippen molar-refractivity contribution in [3.63, 3.8) is 0 Å². The van der Waals surface area contributed by atoms with Crippen molar-refractivity contribution in [2.75, 3.05) is 19.8 Å². The number of hydrogen-bond acceptors (Lipinski definition) is 7. The lowest BCUT2D eigenvalue weighted by Gasteiger charge is -2.62. The maximum atomic E-state index is 13.9. The first-order valence-electron chi connectivity index (χ1n) is 15.4. The summed E-state index contributed by atoms with van der Waals surface area (Å²) in [6.45, 7) is 5.48. The Morgan fingerprint density at radius 2 is 1.90 bits per heavy atom. The molecule has 7 unspecified atom stereocenters. The van der Waals surface area contributed by atoms with Crippen LogP contribution in [0.5, 0.6) is 0 Å². The van der Waals surface area contributed by atoms with Gasteiger partial charge in [0.2, 0.25) is 0 Å². The van der Waals surface area contributed by atoms with Crippen LogP contribution in [-0.2, 0) is 23.8 Å². The van der Waals surface area contributed by atoms with E-state index in [-0.39, 0.29) is 41.4 Å². The molecule has 5 fully saturated rings. The number of aliphatic carboxylic acids is 1. The maximum absolute atomic E-state index is 13.9. The molecule has 0 radical (unpaired) electrons. The van der Waals surface area contributed by atoms with E-state index in [1.165, 1.54) is 0 Å². The first kappa shape index (κ1) is 28.2. The van der Waals surface area contributed by atoms with Crippen molar-refractivity contribution in [2.24, 2.45) is 64.4 Å². The average molecular weight is 560 g/mol. The van der Waals surface area contributed by atoms with Crippen molar-refractivity contribution in [2.45, 2.75) is 83.5 Å². The number of nitrogens with two attached hydrogens (primary N) is 1. The molecule has 0 aromatic heterocycles. The van der Waals surface area contributed by atoms with Crippen molar-refractivity contribution >= 4 is 17.9 Å². The Morgan fingerprint density at radius 1 is 1.12 bits per heavy atom. The van der Waals surface area contributed by atoms with Gasteiger partial charge in [-0.3, -0.25) is 9.59 Å². The summed E-state index contributed by atoms with van der Waals surface area (Å²) < 4.78 is 18.1. The van der Waals surface area contributed by atoms with Crippen molar-refractivity contribution < 1.29 is 38.8 Å². The molecule has 0 aromatic rings. The van der Waals surface area contributed by atoms with E-state index >= 15 is 0 Å². The third kappa shape index (κ3) is 4.79. The summed E-state index contributed by atoms with van der Waals surface area (Å²) in [7, 11) is 0. The minimum absolute atomic E-state index is 0.00271. The highest BCUT2D eigenvalue weighted by Crippen LogP contribution is 2.64. The summed E-state index contributed by atoms with van der Waals surface area (Å²) in [6.07, 6.45) is 6.28. The fourth-order valence-corrected chi connectivity index (χ4v) is 9.77. The molecule has 9 heteroatoms. The minimum atomic E-state index is -1.33. The summed E-state index contributed by atoms with van der Waals surface area (Å²) in [5.74, 6) is -0.972. The van der Waals surface area contributed by atoms with Gasteiger partial charge in [-0.2, -0.15) is 0 Å². The van der Waals surface area contributed by atoms with Gasteiger partial charge < -0.3 is 30.2 Å². The SMILES string of the molecule is CC(C)CC1CCC2C3CCC4C5COC[C@@]4(C[C@@H](OC(=O)O)[C@@H]5OCC(N)C4CC4)C3=CC(=O)C2[C@@H]1C(=O)O. The predicted molar refractivity (Wildman–Crippen MR) is 144 cm³/mol. The number of carboxylic acids is 1. The standard InChI is InChI=1S/C31H45NO8/c1-15(2)9-17-5-6-19-18-7-8-21-20-12-38-14-31(21,22(18)10-24(33)27(19)26(17)29(34)35)11-25(40-30(36)37)28(20)39-13-23(32)16-3-4-16/h10,15-21,23,25-28H,3-9,11-14,32H2,1-2H3,(H,34,35)(H,36,37)/t17?,18?,19?,20?,21?,23?,25-,26-,27?,28-,31-/m1/s1. The minimum Gasteiger partial charge on any atom is -0.481 e. The first-order chi connectivity index (χ1) is 19.1. The van der Waals surface area contributed by atoms with Gasteiger partial charge in [0.1, 0.15) is 6.10 Å². The highest BCUT2D eigenvalue weighted by atomic mass is 16.7. The molecule has 1 aliphatic heterocycles. The summed E-state index contributed by atoms with van der Waals surface area (Å²) in [5, 5.41) is 19.9. The summed E-state index contributed by atoms with van der Waals surface area (Å²) in [4.78, 5) is 38.3. The molecule has 0 amide bonds. The Labute approximate surface area is 236 Å². The fourth-order valence-electron chi connectivity index (χ4n) is 9.77. The number of fused-ring (bicyclic) bond motifs is 3. The molecule has 6 rings (SSSR count). The van der Waals surface area contributed by atoms with Crippen LogP contribution >= 0.6 is 0 Å². The van der Waals surface area contributed by atoms with Gasteiger partial charge in [0, 0.05) is 23.3 Å². The fraction of sp³-hybridized carbons (Fsp3) is 0.839. The topological polar surface area (TPSA) is 145 Å². The summed E-state index contributed by atoms with van der Waals surface area (Å²) in [6, 6.07) is -0.0685. The number of carboxylic acid groups (broad SMARTS) is 2. The molecule has 6 aliphatic rings. The van der Waals surface area contributed by atoms with Crippen LogP contribution in [0.4, 0.5) is 4.79 Å². The van der Waals surface area contributed by atoms with E-state index in [2.05, 4.69) is 13.8 Å². The van der Waals surface area contributed by atoms with Crippen molar-refractivity contribution in [1.82, 2.24) is 0 Å². The van der Waals surface area contributed by atoms with E-state index in [1.807, 2.05) is 0 Å². The van der Waals surface area contributed by atoms with Gasteiger partial charge in [-0.25, -0.2) is 4.79 Å². The largest absolute Gasteiger partial charge is 0.506 e. The Bertz CT molecular complexity index is 1050. The number of hydrogen-bond donors (Lipinski definition) is 3. The summed E-state index contributed by atoms with van der Waals surface area (Å²) >= 11 is 0. The highest BCUT2D eigenvalue weighted by Gasteiger charge is 2.64. The van der Waals surface area contributed by atoms with Crippen molar-refractivity contribution in [1.29, 1.82) is 0 Å². The molecule has 5 aliphatic carbocycles. The molecule has 1 saturated heterocycles. The van der Waals surface area contributed by atoms with Crippen LogP contribution in [0.2, 0.25) is 0 Å². The van der Waals surface area contributed by atoms with Gasteiger partial charge in [-0.15, -0.1) is 0 Å². The first-order valence-corrected chi connectivity index (χ1v) is 15.4. The van der Waals surface area contributed by atoms with E-state index in [1.54, 1.807) is 6.08 Å². The van der Waals surface area contributed by atoms with Crippen LogP contribution in [0.15, 0.2) is 11.6 Å². The second-order valence-electron chi connectivity index (χ2n) is 14.1. The molecule has 2 bridgehead atoms. The lowest BCUT2D eigenvalue weighted by atomic mass is 9.45. The monoisotopic (exact) mass is 559 g/mol. The Hall–Kier alpha value is -1.97. The van der Waals surface area contributed by atoms with Gasteiger partial charge >= 0.3 is 12.1 Å². The van der Waals surface area contributed by atoms with Crippen LogP contribution < -0.4 is 5.73 Å². The van der Waals surface area contributed by atoms with E-state index in [4.69, 9.17) is 19.9 Å². The second-order valence-corrected chi connectivity index (χ2v) is 14.1. The normalized spacial score (nSPS) is 43.1. The molecule has 11 atom stereocenters. The number of ketones is 1. The molecule has 1 heterocycles. The zero-order valence-electron chi connectivity index (χ0n) is 23.7. The maximum Gasteiger partial charge on any atom is 0.506 e. The predicted octanol–water partition coefficient (Wildman–Crippen LogP) is 4.13. The molecule has 222 valence electrons. The second kappa shape index (κ2) is 10.7. The quantitative estimate of drug-likeness (QED) is 0.374. The lowest BCUT2D eigenvalue weighted by molar-refractivity contribution is -0.218. The van der Waals surface area contributed by atoms with Crippen LogP contribution in [-0.4, -0.2) is 66.2 Å². The van der Waals surface area contributed by atoms with Crippen molar-refractivity contribution in [3.05, 3.63) is 11.6 Å². The zero-order chi connectivity index (χ0) is 28.3. The van der Waals surface area contributed by atoms with Crippen molar-refractivity contribution in [3.8, 4) is 0 Å².